The SMILES string of the molecule is Cc1cc(NC(=O)c2ccco2)sc1C(=O)NCCCN(C)C. The van der Waals surface area contributed by atoms with Gasteiger partial charge in [-0.15, -0.1) is 11.3 Å². The molecule has 0 aliphatic carbocycles. The Morgan fingerprint density at radius 1 is 1.30 bits per heavy atom. The van der Waals surface area contributed by atoms with Gasteiger partial charge in [-0.2, -0.15) is 0 Å². The van der Waals surface area contributed by atoms with Crippen LogP contribution in [0.5, 0.6) is 0 Å². The molecule has 2 heterocycles. The van der Waals surface area contributed by atoms with Crippen LogP contribution in [-0.4, -0.2) is 43.9 Å². The second-order valence-corrected chi connectivity index (χ2v) is 6.52. The Hall–Kier alpha value is -2.12. The van der Waals surface area contributed by atoms with E-state index in [1.807, 2.05) is 21.0 Å². The quantitative estimate of drug-likeness (QED) is 0.763. The molecule has 0 bridgehead atoms. The number of thiophene rings is 1. The van der Waals surface area contributed by atoms with Crippen molar-refractivity contribution in [2.24, 2.45) is 0 Å². The van der Waals surface area contributed by atoms with E-state index in [0.29, 0.717) is 16.4 Å². The number of aryl methyl sites for hydroxylation is 1. The minimum atomic E-state index is -0.325. The molecule has 0 radical (unpaired) electrons. The summed E-state index contributed by atoms with van der Waals surface area (Å²) in [5, 5.41) is 6.27. The first-order valence-corrected chi connectivity index (χ1v) is 8.17. The van der Waals surface area contributed by atoms with Gasteiger partial charge in [0.15, 0.2) is 5.76 Å². The molecular weight excluding hydrogens is 314 g/mol. The minimum absolute atomic E-state index is 0.107. The monoisotopic (exact) mass is 335 g/mol. The van der Waals surface area contributed by atoms with Gasteiger partial charge in [0, 0.05) is 6.54 Å². The van der Waals surface area contributed by atoms with Gasteiger partial charge in [-0.1, -0.05) is 0 Å². The van der Waals surface area contributed by atoms with E-state index < -0.39 is 0 Å². The van der Waals surface area contributed by atoms with E-state index in [9.17, 15) is 9.59 Å². The van der Waals surface area contributed by atoms with Crippen LogP contribution in [-0.2, 0) is 0 Å². The molecule has 0 aromatic carbocycles. The maximum Gasteiger partial charge on any atom is 0.291 e. The van der Waals surface area contributed by atoms with E-state index in [0.717, 1.165) is 18.5 Å². The molecule has 0 unspecified atom stereocenters. The van der Waals surface area contributed by atoms with E-state index in [1.54, 1.807) is 18.2 Å². The molecule has 0 aliphatic heterocycles. The lowest BCUT2D eigenvalue weighted by Crippen LogP contribution is -2.26. The third kappa shape index (κ3) is 4.94. The number of hydrogen-bond donors (Lipinski definition) is 2. The molecule has 2 aromatic rings. The number of carbonyl (C=O) groups excluding carboxylic acids is 2. The highest BCUT2D eigenvalue weighted by molar-refractivity contribution is 7.18. The summed E-state index contributed by atoms with van der Waals surface area (Å²) < 4.78 is 5.05. The fourth-order valence-corrected chi connectivity index (χ4v) is 3.01. The van der Waals surface area contributed by atoms with E-state index in [4.69, 9.17) is 4.42 Å². The number of nitrogens with one attached hydrogen (secondary N) is 2. The normalized spacial score (nSPS) is 10.8. The maximum absolute atomic E-state index is 12.2. The van der Waals surface area contributed by atoms with Gasteiger partial charge in [-0.3, -0.25) is 9.59 Å². The molecule has 6 nitrogen and oxygen atoms in total. The molecule has 2 N–H and O–H groups in total. The van der Waals surface area contributed by atoms with Crippen molar-refractivity contribution in [3.63, 3.8) is 0 Å². The van der Waals surface area contributed by atoms with Crippen LogP contribution in [0.2, 0.25) is 0 Å². The summed E-state index contributed by atoms with van der Waals surface area (Å²) >= 11 is 1.26. The topological polar surface area (TPSA) is 74.6 Å². The molecule has 0 saturated heterocycles. The van der Waals surface area contributed by atoms with E-state index in [2.05, 4.69) is 15.5 Å². The molecule has 0 fully saturated rings. The fraction of sp³-hybridized carbons (Fsp3) is 0.375. The highest BCUT2D eigenvalue weighted by Crippen LogP contribution is 2.27. The van der Waals surface area contributed by atoms with Gasteiger partial charge in [-0.05, 0) is 57.7 Å². The first-order valence-electron chi connectivity index (χ1n) is 7.35. The van der Waals surface area contributed by atoms with Crippen LogP contribution in [0.3, 0.4) is 0 Å². The zero-order chi connectivity index (χ0) is 16.8. The van der Waals surface area contributed by atoms with Crippen molar-refractivity contribution in [3.8, 4) is 0 Å². The molecule has 2 amide bonds. The maximum atomic E-state index is 12.2. The summed E-state index contributed by atoms with van der Waals surface area (Å²) in [5.74, 6) is -0.190. The van der Waals surface area contributed by atoms with Gasteiger partial charge >= 0.3 is 0 Å². The van der Waals surface area contributed by atoms with Crippen molar-refractivity contribution in [3.05, 3.63) is 40.7 Å². The summed E-state index contributed by atoms with van der Waals surface area (Å²) in [6, 6.07) is 5.04. The number of rotatable bonds is 7. The summed E-state index contributed by atoms with van der Waals surface area (Å²) in [7, 11) is 4.00. The average Bonchev–Trinajstić information content (AvgIpc) is 3.13. The lowest BCUT2D eigenvalue weighted by Gasteiger charge is -2.09. The van der Waals surface area contributed by atoms with Crippen LogP contribution in [0.1, 0.15) is 32.2 Å². The van der Waals surface area contributed by atoms with Gasteiger partial charge in [0.2, 0.25) is 0 Å². The molecule has 0 saturated carbocycles. The Morgan fingerprint density at radius 3 is 2.74 bits per heavy atom. The second-order valence-electron chi connectivity index (χ2n) is 5.47. The summed E-state index contributed by atoms with van der Waals surface area (Å²) in [4.78, 5) is 26.8. The number of carbonyl (C=O) groups is 2. The van der Waals surface area contributed by atoms with Crippen LogP contribution in [0, 0.1) is 6.92 Å². The van der Waals surface area contributed by atoms with Crippen molar-refractivity contribution in [1.82, 2.24) is 10.2 Å². The average molecular weight is 335 g/mol. The van der Waals surface area contributed by atoms with Crippen LogP contribution in [0.25, 0.3) is 0 Å². The Labute approximate surface area is 139 Å². The predicted octanol–water partition coefficient (Wildman–Crippen LogP) is 2.58. The van der Waals surface area contributed by atoms with Gasteiger partial charge in [0.1, 0.15) is 0 Å². The van der Waals surface area contributed by atoms with Crippen LogP contribution < -0.4 is 10.6 Å². The molecule has 0 spiro atoms. The highest BCUT2D eigenvalue weighted by atomic mass is 32.1. The number of furan rings is 1. The lowest BCUT2D eigenvalue weighted by atomic mass is 10.2. The first-order chi connectivity index (χ1) is 11.0. The van der Waals surface area contributed by atoms with Gasteiger partial charge in [-0.25, -0.2) is 0 Å². The Kier molecular flexibility index (Phi) is 5.95. The molecule has 7 heteroatoms. The molecule has 2 aromatic heterocycles. The molecule has 23 heavy (non-hydrogen) atoms. The number of hydrogen-bond acceptors (Lipinski definition) is 5. The van der Waals surface area contributed by atoms with Gasteiger partial charge in [0.25, 0.3) is 11.8 Å². The fourth-order valence-electron chi connectivity index (χ4n) is 2.03. The van der Waals surface area contributed by atoms with Crippen molar-refractivity contribution < 1.29 is 14.0 Å². The zero-order valence-electron chi connectivity index (χ0n) is 13.5. The first kappa shape index (κ1) is 17.2. The van der Waals surface area contributed by atoms with Crippen molar-refractivity contribution in [2.75, 3.05) is 32.5 Å². The van der Waals surface area contributed by atoms with Crippen LogP contribution in [0.15, 0.2) is 28.9 Å². The van der Waals surface area contributed by atoms with Crippen LogP contribution in [0.4, 0.5) is 5.00 Å². The van der Waals surface area contributed by atoms with Crippen molar-refractivity contribution in [2.45, 2.75) is 13.3 Å². The number of amides is 2. The van der Waals surface area contributed by atoms with E-state index >= 15 is 0 Å². The van der Waals surface area contributed by atoms with E-state index in [-0.39, 0.29) is 17.6 Å². The third-order valence-corrected chi connectivity index (χ3v) is 4.32. The zero-order valence-corrected chi connectivity index (χ0v) is 14.3. The van der Waals surface area contributed by atoms with Crippen molar-refractivity contribution in [1.29, 1.82) is 0 Å². The summed E-state index contributed by atoms with van der Waals surface area (Å²) in [6.07, 6.45) is 2.34. The van der Waals surface area contributed by atoms with Crippen molar-refractivity contribution >= 4 is 28.2 Å². The van der Waals surface area contributed by atoms with Crippen LogP contribution >= 0.6 is 11.3 Å². The Balaban J connectivity index is 1.92. The molecule has 0 atom stereocenters. The largest absolute Gasteiger partial charge is 0.459 e. The third-order valence-electron chi connectivity index (χ3n) is 3.17. The summed E-state index contributed by atoms with van der Waals surface area (Å²) in [5.41, 5.74) is 0.842. The van der Waals surface area contributed by atoms with E-state index in [1.165, 1.54) is 17.6 Å². The summed E-state index contributed by atoms with van der Waals surface area (Å²) in [6.45, 7) is 3.41. The van der Waals surface area contributed by atoms with Gasteiger partial charge in [0.05, 0.1) is 16.1 Å². The number of nitrogens with zero attached hydrogens (tertiary/aromatic N) is 1. The number of anilines is 1. The molecule has 2 rings (SSSR count). The smallest absolute Gasteiger partial charge is 0.291 e. The van der Waals surface area contributed by atoms with Gasteiger partial charge < -0.3 is 20.0 Å². The minimum Gasteiger partial charge on any atom is -0.459 e. The predicted molar refractivity (Wildman–Crippen MR) is 91.2 cm³/mol. The Morgan fingerprint density at radius 2 is 2.09 bits per heavy atom. The lowest BCUT2D eigenvalue weighted by molar-refractivity contribution is 0.0954. The molecule has 0 aliphatic rings. The molecule has 124 valence electrons. The highest BCUT2D eigenvalue weighted by Gasteiger charge is 2.16. The standard InChI is InChI=1S/C16H21N3O3S/c1-11-10-13(18-15(20)12-6-4-9-22-12)23-14(11)16(21)17-7-5-8-19(2)3/h4,6,9-10H,5,7-8H2,1-3H3,(H,17,21)(H,18,20). The second kappa shape index (κ2) is 7.94. The molecular formula is C16H21N3O3S. The Bertz CT molecular complexity index is 662.